The largest absolute Gasteiger partial charge is 0.479 e. The van der Waals surface area contributed by atoms with E-state index in [0.717, 1.165) is 71.3 Å². The number of ether oxygens (including phenoxy) is 1. The van der Waals surface area contributed by atoms with Gasteiger partial charge in [-0.2, -0.15) is 5.26 Å². The molecule has 1 aliphatic heterocycles. The average molecular weight is 523 g/mol. The molecule has 0 amide bonds. The van der Waals surface area contributed by atoms with E-state index in [2.05, 4.69) is 48.9 Å². The number of pyridine rings is 1. The number of benzene rings is 1. The fraction of sp³-hybridized carbons (Fsp3) is 0.276. The second kappa shape index (κ2) is 9.51. The van der Waals surface area contributed by atoms with Crippen molar-refractivity contribution in [3.63, 3.8) is 0 Å². The molecule has 1 aliphatic rings. The number of nitriles is 1. The van der Waals surface area contributed by atoms with Gasteiger partial charge in [-0.3, -0.25) is 0 Å². The zero-order chi connectivity index (χ0) is 27.1. The third-order valence-corrected chi connectivity index (χ3v) is 7.64. The molecule has 6 rings (SSSR count). The number of hydrogen-bond acceptors (Lipinski definition) is 7. The molecule has 0 bridgehead atoms. The van der Waals surface area contributed by atoms with Crippen LogP contribution in [0.1, 0.15) is 36.8 Å². The van der Waals surface area contributed by atoms with Gasteiger partial charge in [-0.1, -0.05) is 19.1 Å². The van der Waals surface area contributed by atoms with Crippen molar-refractivity contribution in [1.82, 2.24) is 29.9 Å². The van der Waals surface area contributed by atoms with Gasteiger partial charge in [-0.15, -0.1) is 0 Å². The molecule has 4 aromatic heterocycles. The number of methoxy groups -OCH3 is 1. The highest BCUT2D eigenvalue weighted by Gasteiger charge is 2.36. The number of H-pyrrole nitrogens is 2. The van der Waals surface area contributed by atoms with Gasteiger partial charge in [0, 0.05) is 36.0 Å². The Kier molecular flexibility index (Phi) is 5.99. The predicted molar refractivity (Wildman–Crippen MR) is 146 cm³/mol. The third-order valence-electron chi connectivity index (χ3n) is 7.64. The monoisotopic (exact) mass is 522 g/mol. The van der Waals surface area contributed by atoms with Crippen LogP contribution < -0.4 is 9.64 Å². The average Bonchev–Trinajstić information content (AvgIpc) is 3.58. The molecule has 0 atom stereocenters. The van der Waals surface area contributed by atoms with Gasteiger partial charge in [0.1, 0.15) is 23.6 Å². The number of aryl methyl sites for hydroxylation is 1. The van der Waals surface area contributed by atoms with Crippen LogP contribution in [0.25, 0.3) is 33.5 Å². The molecule has 39 heavy (non-hydrogen) atoms. The number of nitrogens with zero attached hydrogens (tertiary/aromatic N) is 6. The van der Waals surface area contributed by atoms with Gasteiger partial charge in [0.15, 0.2) is 5.82 Å². The van der Waals surface area contributed by atoms with Crippen LogP contribution >= 0.6 is 0 Å². The number of piperidine rings is 1. The van der Waals surface area contributed by atoms with Crippen molar-refractivity contribution in [2.75, 3.05) is 25.1 Å². The molecule has 10 heteroatoms. The van der Waals surface area contributed by atoms with Crippen molar-refractivity contribution >= 4 is 16.9 Å². The molecule has 5 aromatic rings. The number of anilines is 1. The first-order valence-corrected chi connectivity index (χ1v) is 12.7. The zero-order valence-corrected chi connectivity index (χ0v) is 21.9. The number of rotatable bonds is 5. The summed E-state index contributed by atoms with van der Waals surface area (Å²) in [6.07, 6.45) is 4.93. The van der Waals surface area contributed by atoms with Crippen LogP contribution in [-0.4, -0.2) is 50.1 Å². The summed E-state index contributed by atoms with van der Waals surface area (Å²) in [7, 11) is 1.40. The highest BCUT2D eigenvalue weighted by molar-refractivity contribution is 5.92. The van der Waals surface area contributed by atoms with E-state index in [1.807, 2.05) is 31.2 Å². The maximum Gasteiger partial charge on any atom is 0.250 e. The van der Waals surface area contributed by atoms with Crippen molar-refractivity contribution in [2.45, 2.75) is 32.1 Å². The SMILES string of the molecule is COc1ncc(-c2[nH]c(C3(C)CCN(c4ncnc5[nH]c(-c6ccc(C#N)cc6)cc45)CC3)nc2C)cc1F. The maximum atomic E-state index is 14.3. The second-order valence-electron chi connectivity index (χ2n) is 10.1. The first kappa shape index (κ1) is 24.6. The summed E-state index contributed by atoms with van der Waals surface area (Å²) in [5.74, 6) is 1.26. The number of hydrogen-bond donors (Lipinski definition) is 2. The summed E-state index contributed by atoms with van der Waals surface area (Å²) in [5, 5.41) is 10.1. The van der Waals surface area contributed by atoms with Crippen LogP contribution in [0.5, 0.6) is 5.88 Å². The lowest BCUT2D eigenvalue weighted by atomic mass is 9.79. The van der Waals surface area contributed by atoms with E-state index in [1.54, 1.807) is 12.5 Å². The topological polar surface area (TPSA) is 119 Å². The quantitative estimate of drug-likeness (QED) is 0.322. The lowest BCUT2D eigenvalue weighted by molar-refractivity contribution is 0.345. The summed E-state index contributed by atoms with van der Waals surface area (Å²) in [6, 6.07) is 13.1. The molecule has 1 fully saturated rings. The summed E-state index contributed by atoms with van der Waals surface area (Å²) in [5.41, 5.74) is 5.36. The Hall–Kier alpha value is -4.78. The van der Waals surface area contributed by atoms with Crippen molar-refractivity contribution in [1.29, 1.82) is 5.26 Å². The molecular weight excluding hydrogens is 495 g/mol. The van der Waals surface area contributed by atoms with Gasteiger partial charge in [-0.25, -0.2) is 24.3 Å². The van der Waals surface area contributed by atoms with Gasteiger partial charge in [0.05, 0.1) is 35.5 Å². The normalized spacial score (nSPS) is 14.9. The molecule has 0 unspecified atom stereocenters. The Morgan fingerprint density at radius 3 is 2.51 bits per heavy atom. The third kappa shape index (κ3) is 4.36. The molecular formula is C29H27FN8O. The number of aromatic nitrogens is 6. The Morgan fingerprint density at radius 2 is 1.82 bits per heavy atom. The smallest absolute Gasteiger partial charge is 0.250 e. The summed E-state index contributed by atoms with van der Waals surface area (Å²) < 4.78 is 19.2. The number of nitrogens with one attached hydrogen (secondary N) is 2. The van der Waals surface area contributed by atoms with E-state index >= 15 is 0 Å². The fourth-order valence-electron chi connectivity index (χ4n) is 5.25. The Bertz CT molecular complexity index is 1710. The molecule has 0 spiro atoms. The minimum absolute atomic E-state index is 0.0271. The standard InChI is InChI=1S/C29H27FN8O/c1-17-24(20-12-22(30)27(39-3)32-15-20)37-28(35-17)29(2)8-10-38(11-9-29)26-21-13-23(36-25(21)33-16-34-26)19-6-4-18(14-31)5-7-19/h4-7,12-13,15-16H,8-11H2,1-3H3,(H,35,37)(H,33,34,36). The number of aromatic amines is 2. The second-order valence-corrected chi connectivity index (χ2v) is 10.1. The number of fused-ring (bicyclic) bond motifs is 1. The fourth-order valence-corrected chi connectivity index (χ4v) is 5.25. The number of halogens is 1. The van der Waals surface area contributed by atoms with Gasteiger partial charge in [0.25, 0.3) is 0 Å². The van der Waals surface area contributed by atoms with Crippen molar-refractivity contribution in [2.24, 2.45) is 0 Å². The van der Waals surface area contributed by atoms with Gasteiger partial charge < -0.3 is 19.6 Å². The summed E-state index contributed by atoms with van der Waals surface area (Å²) in [6.45, 7) is 5.74. The van der Waals surface area contributed by atoms with E-state index in [1.165, 1.54) is 13.2 Å². The van der Waals surface area contributed by atoms with Gasteiger partial charge >= 0.3 is 0 Å². The molecule has 5 heterocycles. The summed E-state index contributed by atoms with van der Waals surface area (Å²) >= 11 is 0. The zero-order valence-electron chi connectivity index (χ0n) is 21.9. The lowest BCUT2D eigenvalue weighted by Gasteiger charge is -2.38. The van der Waals surface area contributed by atoms with E-state index < -0.39 is 5.82 Å². The van der Waals surface area contributed by atoms with E-state index in [-0.39, 0.29) is 11.3 Å². The molecule has 1 saturated heterocycles. The van der Waals surface area contributed by atoms with Crippen LogP contribution in [0, 0.1) is 24.1 Å². The highest BCUT2D eigenvalue weighted by atomic mass is 19.1. The predicted octanol–water partition coefficient (Wildman–Crippen LogP) is 5.30. The maximum absolute atomic E-state index is 14.3. The molecule has 0 aliphatic carbocycles. The van der Waals surface area contributed by atoms with E-state index in [9.17, 15) is 4.39 Å². The van der Waals surface area contributed by atoms with Crippen LogP contribution in [-0.2, 0) is 5.41 Å². The van der Waals surface area contributed by atoms with Crippen LogP contribution in [0.15, 0.2) is 48.9 Å². The van der Waals surface area contributed by atoms with Crippen LogP contribution in [0.2, 0.25) is 0 Å². The van der Waals surface area contributed by atoms with Gasteiger partial charge in [-0.05, 0) is 49.6 Å². The Labute approximate surface area is 224 Å². The first-order chi connectivity index (χ1) is 18.9. The van der Waals surface area contributed by atoms with Crippen LogP contribution in [0.4, 0.5) is 10.2 Å². The Morgan fingerprint density at radius 1 is 1.05 bits per heavy atom. The minimum Gasteiger partial charge on any atom is -0.479 e. The van der Waals surface area contributed by atoms with Crippen LogP contribution in [0.3, 0.4) is 0 Å². The van der Waals surface area contributed by atoms with E-state index in [4.69, 9.17) is 15.0 Å². The van der Waals surface area contributed by atoms with Crippen molar-refractivity contribution in [3.8, 4) is 34.5 Å². The number of imidazole rings is 1. The molecule has 0 radical (unpaired) electrons. The molecule has 2 N–H and O–H groups in total. The lowest BCUT2D eigenvalue weighted by Crippen LogP contribution is -2.42. The highest BCUT2D eigenvalue weighted by Crippen LogP contribution is 2.38. The van der Waals surface area contributed by atoms with Gasteiger partial charge in [0.2, 0.25) is 5.88 Å². The molecule has 1 aromatic carbocycles. The summed E-state index contributed by atoms with van der Waals surface area (Å²) in [4.78, 5) is 27.2. The van der Waals surface area contributed by atoms with E-state index in [0.29, 0.717) is 11.1 Å². The van der Waals surface area contributed by atoms with Crippen molar-refractivity contribution in [3.05, 3.63) is 71.8 Å². The van der Waals surface area contributed by atoms with Crippen molar-refractivity contribution < 1.29 is 9.13 Å². The molecule has 9 nitrogen and oxygen atoms in total. The molecule has 0 saturated carbocycles. The minimum atomic E-state index is -0.506. The first-order valence-electron chi connectivity index (χ1n) is 12.7. The Balaban J connectivity index is 1.23. The molecule has 196 valence electrons.